The van der Waals surface area contributed by atoms with Gasteiger partial charge < -0.3 is 4.98 Å². The zero-order valence-corrected chi connectivity index (χ0v) is 22.0. The van der Waals surface area contributed by atoms with E-state index in [2.05, 4.69) is 66.1 Å². The lowest BCUT2D eigenvalue weighted by molar-refractivity contribution is 0.150. The smallest absolute Gasteiger partial charge is 0.252 e. The molecule has 4 rings (SSSR count). The Kier molecular flexibility index (Phi) is 7.36. The van der Waals surface area contributed by atoms with Crippen LogP contribution in [-0.2, 0) is 18.6 Å². The highest BCUT2D eigenvalue weighted by Crippen LogP contribution is 2.30. The number of pyridine rings is 1. The molecule has 0 amide bonds. The second-order valence-electron chi connectivity index (χ2n) is 10.2. The maximum Gasteiger partial charge on any atom is 0.252 e. The molecule has 190 valence electrons. The van der Waals surface area contributed by atoms with E-state index in [0.717, 1.165) is 46.3 Å². The second-order valence-corrected chi connectivity index (χ2v) is 10.2. The van der Waals surface area contributed by atoms with Gasteiger partial charge in [0.25, 0.3) is 5.56 Å². The summed E-state index contributed by atoms with van der Waals surface area (Å²) in [5, 5.41) is 13.8. The van der Waals surface area contributed by atoms with Crippen LogP contribution in [0.4, 0.5) is 4.39 Å². The zero-order valence-electron chi connectivity index (χ0n) is 22.0. The minimum absolute atomic E-state index is 0.108. The Morgan fingerprint density at radius 1 is 1.06 bits per heavy atom. The molecule has 1 atom stereocenters. The van der Waals surface area contributed by atoms with Crippen LogP contribution in [0, 0.1) is 19.7 Å². The predicted octanol–water partition coefficient (Wildman–Crippen LogP) is 5.57. The van der Waals surface area contributed by atoms with Crippen LogP contribution >= 0.6 is 0 Å². The van der Waals surface area contributed by atoms with E-state index < -0.39 is 0 Å². The number of tetrazole rings is 1. The van der Waals surface area contributed by atoms with Gasteiger partial charge in [-0.1, -0.05) is 38.1 Å². The summed E-state index contributed by atoms with van der Waals surface area (Å²) in [5.41, 5.74) is 4.27. The number of hydrogen-bond acceptors (Lipinski definition) is 5. The molecule has 0 saturated carbocycles. The fraction of sp³-hybridized carbons (Fsp3) is 0.429. The minimum atomic E-state index is -0.275. The standard InChI is InChI=1S/C28H35FN6O/c1-7-24(26-31-32-33-35(26)28(5,6)8-2)34(16-20-11-13-22(29)14-12-20)17-21-15-23-18(3)9-10-19(4)25(23)30-27(21)36/h9-15,24H,7-8,16-17H2,1-6H3,(H,30,36)/t24-/m1/s1. The molecule has 0 saturated heterocycles. The first-order valence-electron chi connectivity index (χ1n) is 12.5. The topological polar surface area (TPSA) is 79.7 Å². The van der Waals surface area contributed by atoms with E-state index >= 15 is 0 Å². The van der Waals surface area contributed by atoms with Gasteiger partial charge in [0.2, 0.25) is 0 Å². The van der Waals surface area contributed by atoms with Crippen molar-refractivity contribution in [3.05, 3.63) is 86.7 Å². The molecule has 36 heavy (non-hydrogen) atoms. The monoisotopic (exact) mass is 490 g/mol. The molecular formula is C28H35FN6O. The lowest BCUT2D eigenvalue weighted by atomic mass is 10.0. The third-order valence-electron chi connectivity index (χ3n) is 7.25. The molecule has 0 aliphatic heterocycles. The SMILES string of the molecule is CC[C@H](c1nnnn1C(C)(C)CC)N(Cc1ccc(F)cc1)Cc1cc2c(C)ccc(C)c2[nH]c1=O. The third kappa shape index (κ3) is 5.09. The lowest BCUT2D eigenvalue weighted by Gasteiger charge is -2.33. The molecule has 0 spiro atoms. The van der Waals surface area contributed by atoms with E-state index in [1.807, 2.05) is 23.7 Å². The zero-order chi connectivity index (χ0) is 26.0. The first kappa shape index (κ1) is 25.7. The predicted molar refractivity (Wildman–Crippen MR) is 140 cm³/mol. The number of aromatic amines is 1. The van der Waals surface area contributed by atoms with Crippen LogP contribution in [0.2, 0.25) is 0 Å². The molecule has 1 N–H and O–H groups in total. The number of halogens is 1. The van der Waals surface area contributed by atoms with Crippen LogP contribution in [0.1, 0.15) is 74.7 Å². The summed E-state index contributed by atoms with van der Waals surface area (Å²) in [6.45, 7) is 13.4. The van der Waals surface area contributed by atoms with E-state index in [-0.39, 0.29) is 23.0 Å². The van der Waals surface area contributed by atoms with Crippen molar-refractivity contribution in [3.8, 4) is 0 Å². The van der Waals surface area contributed by atoms with Gasteiger partial charge in [0.05, 0.1) is 17.1 Å². The van der Waals surface area contributed by atoms with E-state index in [4.69, 9.17) is 0 Å². The second kappa shape index (κ2) is 10.3. The Morgan fingerprint density at radius 2 is 1.75 bits per heavy atom. The van der Waals surface area contributed by atoms with Crippen molar-refractivity contribution >= 4 is 10.9 Å². The Labute approximate surface area is 211 Å². The average molecular weight is 491 g/mol. The summed E-state index contributed by atoms with van der Waals surface area (Å²) >= 11 is 0. The maximum absolute atomic E-state index is 13.6. The van der Waals surface area contributed by atoms with Gasteiger partial charge in [-0.05, 0) is 85.9 Å². The van der Waals surface area contributed by atoms with Crippen molar-refractivity contribution in [1.82, 2.24) is 30.1 Å². The van der Waals surface area contributed by atoms with Crippen molar-refractivity contribution in [2.75, 3.05) is 0 Å². The van der Waals surface area contributed by atoms with E-state index in [1.165, 1.54) is 12.1 Å². The van der Waals surface area contributed by atoms with Crippen molar-refractivity contribution in [1.29, 1.82) is 0 Å². The molecule has 8 heteroatoms. The number of benzene rings is 2. The quantitative estimate of drug-likeness (QED) is 0.332. The molecule has 2 aromatic carbocycles. The number of aryl methyl sites for hydroxylation is 2. The Morgan fingerprint density at radius 3 is 2.42 bits per heavy atom. The molecule has 0 fully saturated rings. The molecule has 0 aliphatic carbocycles. The Hall–Kier alpha value is -3.39. The number of H-pyrrole nitrogens is 1. The van der Waals surface area contributed by atoms with Crippen LogP contribution < -0.4 is 5.56 Å². The number of nitrogens with zero attached hydrogens (tertiary/aromatic N) is 5. The third-order valence-corrected chi connectivity index (χ3v) is 7.25. The Bertz CT molecular complexity index is 1410. The Balaban J connectivity index is 1.80. The van der Waals surface area contributed by atoms with Crippen molar-refractivity contribution in [3.63, 3.8) is 0 Å². The molecule has 2 heterocycles. The fourth-order valence-corrected chi connectivity index (χ4v) is 4.64. The molecule has 0 aliphatic rings. The summed E-state index contributed by atoms with van der Waals surface area (Å²) in [6, 6.07) is 12.5. The molecule has 0 radical (unpaired) electrons. The molecule has 0 unspecified atom stereocenters. The number of nitrogens with one attached hydrogen (secondary N) is 1. The van der Waals surface area contributed by atoms with Crippen molar-refractivity contribution in [2.24, 2.45) is 0 Å². The van der Waals surface area contributed by atoms with Crippen molar-refractivity contribution < 1.29 is 4.39 Å². The van der Waals surface area contributed by atoms with Crippen molar-refractivity contribution in [2.45, 2.75) is 79.1 Å². The highest BCUT2D eigenvalue weighted by molar-refractivity contribution is 5.85. The van der Waals surface area contributed by atoms with E-state index in [0.29, 0.717) is 18.7 Å². The number of hydrogen-bond donors (Lipinski definition) is 1. The summed E-state index contributed by atoms with van der Waals surface area (Å²) in [4.78, 5) is 18.5. The van der Waals surface area contributed by atoms with Crippen LogP contribution in [0.3, 0.4) is 0 Å². The summed E-state index contributed by atoms with van der Waals surface area (Å²) < 4.78 is 15.5. The maximum atomic E-state index is 13.6. The molecule has 0 bridgehead atoms. The minimum Gasteiger partial charge on any atom is -0.321 e. The van der Waals surface area contributed by atoms with Gasteiger partial charge in [-0.25, -0.2) is 9.07 Å². The van der Waals surface area contributed by atoms with E-state index in [9.17, 15) is 9.18 Å². The summed E-state index contributed by atoms with van der Waals surface area (Å²) in [5.74, 6) is 0.485. The van der Waals surface area contributed by atoms with Gasteiger partial charge in [-0.3, -0.25) is 9.69 Å². The van der Waals surface area contributed by atoms with Gasteiger partial charge in [-0.15, -0.1) is 5.10 Å². The number of rotatable bonds is 9. The van der Waals surface area contributed by atoms with Crippen LogP contribution in [0.5, 0.6) is 0 Å². The molecule has 4 aromatic rings. The van der Waals surface area contributed by atoms with Gasteiger partial charge >= 0.3 is 0 Å². The molecule has 7 nitrogen and oxygen atoms in total. The first-order chi connectivity index (χ1) is 17.1. The van der Waals surface area contributed by atoms with Crippen LogP contribution in [-0.4, -0.2) is 30.1 Å². The van der Waals surface area contributed by atoms with Crippen LogP contribution in [0.25, 0.3) is 10.9 Å². The highest BCUT2D eigenvalue weighted by Gasteiger charge is 2.31. The molecule has 2 aromatic heterocycles. The van der Waals surface area contributed by atoms with E-state index in [1.54, 1.807) is 12.1 Å². The first-order valence-corrected chi connectivity index (χ1v) is 12.5. The van der Waals surface area contributed by atoms with Gasteiger partial charge in [0.15, 0.2) is 5.82 Å². The number of fused-ring (bicyclic) bond motifs is 1. The largest absolute Gasteiger partial charge is 0.321 e. The lowest BCUT2D eigenvalue weighted by Crippen LogP contribution is -2.36. The highest BCUT2D eigenvalue weighted by atomic mass is 19.1. The number of aromatic nitrogens is 5. The van der Waals surface area contributed by atoms with Gasteiger partial charge in [0.1, 0.15) is 5.82 Å². The van der Waals surface area contributed by atoms with Gasteiger partial charge in [0, 0.05) is 24.0 Å². The average Bonchev–Trinajstić information content (AvgIpc) is 3.35. The van der Waals surface area contributed by atoms with Crippen LogP contribution in [0.15, 0.2) is 47.3 Å². The van der Waals surface area contributed by atoms with Gasteiger partial charge in [-0.2, -0.15) is 0 Å². The normalized spacial score (nSPS) is 13.0. The fourth-order valence-electron chi connectivity index (χ4n) is 4.64. The molecular weight excluding hydrogens is 455 g/mol. The summed E-state index contributed by atoms with van der Waals surface area (Å²) in [7, 11) is 0. The summed E-state index contributed by atoms with van der Waals surface area (Å²) in [6.07, 6.45) is 1.60.